The topological polar surface area (TPSA) is 29.5 Å². The molecule has 0 saturated carbocycles. The number of alkyl halides is 1. The van der Waals surface area contributed by atoms with Crippen LogP contribution < -0.4 is 0 Å². The molecule has 21 heavy (non-hydrogen) atoms. The maximum atomic E-state index is 13.5. The molecule has 2 rings (SSSR count). The van der Waals surface area contributed by atoms with Gasteiger partial charge in [-0.1, -0.05) is 46.3 Å². The molecular formula is C16H15BrF2O2. The highest BCUT2D eigenvalue weighted by atomic mass is 79.9. The third-order valence-corrected chi connectivity index (χ3v) is 3.76. The molecule has 2 aromatic carbocycles. The number of halogens is 3. The molecule has 0 aromatic heterocycles. The first-order valence-electron chi connectivity index (χ1n) is 6.52. The summed E-state index contributed by atoms with van der Waals surface area (Å²) in [6, 6.07) is 11.6. The Hall–Kier alpha value is -1.46. The Bertz CT molecular complexity index is 567. The third kappa shape index (κ3) is 4.79. The van der Waals surface area contributed by atoms with Crippen LogP contribution >= 0.6 is 15.9 Å². The van der Waals surface area contributed by atoms with Crippen molar-refractivity contribution >= 4 is 15.9 Å². The van der Waals surface area contributed by atoms with E-state index in [1.54, 1.807) is 0 Å². The number of aryl methyl sites for hydroxylation is 1. The largest absolute Gasteiger partial charge is 0.508 e. The molecule has 0 fully saturated rings. The highest BCUT2D eigenvalue weighted by Crippen LogP contribution is 2.22. The van der Waals surface area contributed by atoms with E-state index in [4.69, 9.17) is 9.84 Å². The Morgan fingerprint density at radius 1 is 1.10 bits per heavy atom. The van der Waals surface area contributed by atoms with Crippen molar-refractivity contribution in [2.24, 2.45) is 0 Å². The van der Waals surface area contributed by atoms with Crippen LogP contribution in [0.4, 0.5) is 8.78 Å². The van der Waals surface area contributed by atoms with Gasteiger partial charge in [-0.2, -0.15) is 0 Å². The van der Waals surface area contributed by atoms with Gasteiger partial charge in [0.05, 0.1) is 6.61 Å². The van der Waals surface area contributed by atoms with Gasteiger partial charge in [-0.25, -0.2) is 8.78 Å². The van der Waals surface area contributed by atoms with E-state index >= 15 is 0 Å². The van der Waals surface area contributed by atoms with Crippen LogP contribution in [0.1, 0.15) is 17.5 Å². The maximum absolute atomic E-state index is 13.5. The Morgan fingerprint density at radius 2 is 1.71 bits per heavy atom. The maximum Gasteiger partial charge on any atom is 0.135 e. The van der Waals surface area contributed by atoms with Crippen molar-refractivity contribution in [2.75, 3.05) is 0 Å². The fourth-order valence-corrected chi connectivity index (χ4v) is 2.27. The van der Waals surface area contributed by atoms with Gasteiger partial charge in [0, 0.05) is 17.7 Å². The van der Waals surface area contributed by atoms with Gasteiger partial charge in [0.25, 0.3) is 0 Å². The average molecular weight is 357 g/mol. The standard InChI is InChI=1S/C16H15BrF2O2/c17-16(7-6-11-4-2-1-3-5-11)21-10-13-14(18)8-12(20)9-15(13)19/h1-5,8-9,16,20H,6-7,10H2. The second-order valence-corrected chi connectivity index (χ2v) is 5.65. The number of ether oxygens (including phenoxy) is 1. The summed E-state index contributed by atoms with van der Waals surface area (Å²) in [5.74, 6) is -2.06. The smallest absolute Gasteiger partial charge is 0.135 e. The van der Waals surface area contributed by atoms with E-state index in [9.17, 15) is 8.78 Å². The molecule has 0 saturated heterocycles. The molecule has 1 atom stereocenters. The molecule has 1 N–H and O–H groups in total. The summed E-state index contributed by atoms with van der Waals surface area (Å²) in [5.41, 5.74) is 0.990. The van der Waals surface area contributed by atoms with E-state index in [-0.39, 0.29) is 17.2 Å². The molecule has 2 aromatic rings. The first kappa shape index (κ1) is 15.9. The zero-order chi connectivity index (χ0) is 15.2. The number of benzene rings is 2. The van der Waals surface area contributed by atoms with Crippen LogP contribution in [-0.2, 0) is 17.8 Å². The van der Waals surface area contributed by atoms with Gasteiger partial charge in [-0.15, -0.1) is 0 Å². The second kappa shape index (κ2) is 7.52. The first-order valence-corrected chi connectivity index (χ1v) is 7.44. The van der Waals surface area contributed by atoms with Gasteiger partial charge < -0.3 is 9.84 Å². The average Bonchev–Trinajstić information content (AvgIpc) is 2.45. The quantitative estimate of drug-likeness (QED) is 0.769. The monoisotopic (exact) mass is 356 g/mol. The second-order valence-electron chi connectivity index (χ2n) is 4.63. The molecule has 0 spiro atoms. The minimum Gasteiger partial charge on any atom is -0.508 e. The number of hydrogen-bond donors (Lipinski definition) is 1. The van der Waals surface area contributed by atoms with Crippen molar-refractivity contribution in [2.45, 2.75) is 24.5 Å². The predicted molar refractivity (Wildman–Crippen MR) is 80.3 cm³/mol. The van der Waals surface area contributed by atoms with Crippen molar-refractivity contribution in [1.29, 1.82) is 0 Å². The number of rotatable bonds is 6. The Labute approximate surface area is 130 Å². The Kier molecular flexibility index (Phi) is 5.70. The lowest BCUT2D eigenvalue weighted by Crippen LogP contribution is -2.08. The van der Waals surface area contributed by atoms with E-state index < -0.39 is 17.4 Å². The molecule has 0 heterocycles. The van der Waals surface area contributed by atoms with Crippen molar-refractivity contribution in [3.63, 3.8) is 0 Å². The molecule has 0 aliphatic carbocycles. The zero-order valence-electron chi connectivity index (χ0n) is 11.2. The number of hydrogen-bond acceptors (Lipinski definition) is 2. The van der Waals surface area contributed by atoms with E-state index in [2.05, 4.69) is 15.9 Å². The Morgan fingerprint density at radius 3 is 2.33 bits per heavy atom. The van der Waals surface area contributed by atoms with E-state index in [0.29, 0.717) is 6.42 Å². The molecule has 0 radical (unpaired) electrons. The fraction of sp³-hybridized carbons (Fsp3) is 0.250. The summed E-state index contributed by atoms with van der Waals surface area (Å²) >= 11 is 3.34. The number of aromatic hydroxyl groups is 1. The molecule has 0 aliphatic rings. The summed E-state index contributed by atoms with van der Waals surface area (Å²) in [6.45, 7) is -0.192. The fourth-order valence-electron chi connectivity index (χ4n) is 1.91. The van der Waals surface area contributed by atoms with Gasteiger partial charge in [-0.3, -0.25) is 0 Å². The lowest BCUT2D eigenvalue weighted by molar-refractivity contribution is 0.0939. The summed E-state index contributed by atoms with van der Waals surface area (Å²) in [6.07, 6.45) is 1.49. The predicted octanol–water partition coefficient (Wildman–Crippen LogP) is 4.54. The highest BCUT2D eigenvalue weighted by molar-refractivity contribution is 9.09. The van der Waals surface area contributed by atoms with E-state index in [1.165, 1.54) is 5.56 Å². The number of phenolic OH excluding ortho intramolecular Hbond substituents is 1. The number of phenols is 1. The van der Waals surface area contributed by atoms with Crippen LogP contribution in [0.25, 0.3) is 0 Å². The first-order chi connectivity index (χ1) is 10.1. The lowest BCUT2D eigenvalue weighted by Gasteiger charge is -2.12. The van der Waals surface area contributed by atoms with Crippen LogP contribution in [0, 0.1) is 11.6 Å². The molecule has 0 bridgehead atoms. The third-order valence-electron chi connectivity index (χ3n) is 3.04. The normalized spacial score (nSPS) is 12.3. The van der Waals surface area contributed by atoms with E-state index in [1.807, 2.05) is 30.3 Å². The van der Waals surface area contributed by atoms with Gasteiger partial charge in [-0.05, 0) is 18.4 Å². The summed E-state index contributed by atoms with van der Waals surface area (Å²) in [7, 11) is 0. The van der Waals surface area contributed by atoms with Crippen LogP contribution in [0.5, 0.6) is 5.75 Å². The molecule has 0 amide bonds. The summed E-state index contributed by atoms with van der Waals surface area (Å²) < 4.78 is 32.4. The van der Waals surface area contributed by atoms with Crippen molar-refractivity contribution in [3.8, 4) is 5.75 Å². The highest BCUT2D eigenvalue weighted by Gasteiger charge is 2.13. The van der Waals surface area contributed by atoms with Crippen LogP contribution in [0.15, 0.2) is 42.5 Å². The van der Waals surface area contributed by atoms with Gasteiger partial charge in [0.2, 0.25) is 0 Å². The van der Waals surface area contributed by atoms with Crippen LogP contribution in [0.3, 0.4) is 0 Å². The van der Waals surface area contributed by atoms with Crippen molar-refractivity contribution in [1.82, 2.24) is 0 Å². The minimum absolute atomic E-state index is 0.183. The van der Waals surface area contributed by atoms with Gasteiger partial charge >= 0.3 is 0 Å². The van der Waals surface area contributed by atoms with Crippen molar-refractivity contribution < 1.29 is 18.6 Å². The molecule has 2 nitrogen and oxygen atoms in total. The summed E-state index contributed by atoms with van der Waals surface area (Å²) in [4.78, 5) is 0. The zero-order valence-corrected chi connectivity index (χ0v) is 12.8. The minimum atomic E-state index is -0.810. The van der Waals surface area contributed by atoms with Crippen LogP contribution in [0.2, 0.25) is 0 Å². The summed E-state index contributed by atoms with van der Waals surface area (Å²) in [5, 5.41) is 8.78. The van der Waals surface area contributed by atoms with Gasteiger partial charge in [0.15, 0.2) is 0 Å². The molecule has 112 valence electrons. The Balaban J connectivity index is 1.85. The molecule has 0 aliphatic heterocycles. The SMILES string of the molecule is Oc1cc(F)c(COC(Br)CCc2ccccc2)c(F)c1. The van der Waals surface area contributed by atoms with E-state index in [0.717, 1.165) is 18.6 Å². The molecule has 5 heteroatoms. The van der Waals surface area contributed by atoms with Crippen LogP contribution in [-0.4, -0.2) is 10.1 Å². The molecular weight excluding hydrogens is 342 g/mol. The molecule has 1 unspecified atom stereocenters. The lowest BCUT2D eigenvalue weighted by atomic mass is 10.1. The van der Waals surface area contributed by atoms with Crippen molar-refractivity contribution in [3.05, 3.63) is 65.2 Å². The van der Waals surface area contributed by atoms with Gasteiger partial charge in [0.1, 0.15) is 22.4 Å².